The van der Waals surface area contributed by atoms with Gasteiger partial charge in [-0.15, -0.1) is 11.3 Å². The van der Waals surface area contributed by atoms with Crippen LogP contribution >= 0.6 is 11.3 Å². The van der Waals surface area contributed by atoms with Gasteiger partial charge in [-0.05, 0) is 24.5 Å². The Kier molecular flexibility index (Phi) is 3.61. The molecule has 1 aliphatic heterocycles. The molecule has 0 amide bonds. The van der Waals surface area contributed by atoms with E-state index >= 15 is 0 Å². The molecule has 16 heavy (non-hydrogen) atoms. The lowest BCUT2D eigenvalue weighted by Crippen LogP contribution is -2.46. The second-order valence-corrected chi connectivity index (χ2v) is 5.63. The molecule has 1 aromatic heterocycles. The predicted octanol–water partition coefficient (Wildman–Crippen LogP) is 2.22. The molecule has 1 N–H and O–H groups in total. The molecule has 0 unspecified atom stereocenters. The Labute approximate surface area is 99.7 Å². The lowest BCUT2D eigenvalue weighted by molar-refractivity contribution is -0.139. The quantitative estimate of drug-likeness (QED) is 0.856. The zero-order valence-electron chi connectivity index (χ0n) is 9.48. The number of hydrogen-bond donors (Lipinski definition) is 1. The topological polar surface area (TPSA) is 40.5 Å². The van der Waals surface area contributed by atoms with Crippen molar-refractivity contribution in [1.29, 1.82) is 0 Å². The molecule has 4 heteroatoms. The van der Waals surface area contributed by atoms with E-state index in [4.69, 9.17) is 5.11 Å². The number of thiophene rings is 1. The van der Waals surface area contributed by atoms with Crippen LogP contribution in [0.4, 0.5) is 0 Å². The molecule has 1 saturated heterocycles. The van der Waals surface area contributed by atoms with E-state index in [-0.39, 0.29) is 0 Å². The lowest BCUT2D eigenvalue weighted by atomic mass is 9.96. The molecule has 2 rings (SSSR count). The second-order valence-electron chi connectivity index (χ2n) is 4.38. The molecule has 1 fully saturated rings. The summed E-state index contributed by atoms with van der Waals surface area (Å²) < 4.78 is 0. The zero-order valence-corrected chi connectivity index (χ0v) is 10.3. The van der Waals surface area contributed by atoms with Crippen molar-refractivity contribution in [1.82, 2.24) is 4.90 Å². The van der Waals surface area contributed by atoms with Crippen LogP contribution in [0.25, 0.3) is 0 Å². The van der Waals surface area contributed by atoms with Crippen LogP contribution in [0.2, 0.25) is 0 Å². The summed E-state index contributed by atoms with van der Waals surface area (Å²) in [7, 11) is 0. The summed E-state index contributed by atoms with van der Waals surface area (Å²) in [6, 6.07) is 4.38. The highest BCUT2D eigenvalue weighted by Crippen LogP contribution is 2.24. The minimum absolute atomic E-state index is 0.321. The van der Waals surface area contributed by atoms with Crippen molar-refractivity contribution >= 4 is 17.3 Å². The molecular formula is C12H17NO2S. The van der Waals surface area contributed by atoms with E-state index in [1.54, 1.807) is 0 Å². The Bertz CT molecular complexity index is 369. The normalized spacial score (nSPS) is 17.3. The zero-order chi connectivity index (χ0) is 11.5. The van der Waals surface area contributed by atoms with Crippen LogP contribution in [0, 0.1) is 5.92 Å². The minimum atomic E-state index is -0.672. The van der Waals surface area contributed by atoms with Gasteiger partial charge in [-0.25, -0.2) is 0 Å². The highest BCUT2D eigenvalue weighted by atomic mass is 32.1. The smallest absolute Gasteiger partial charge is 0.303 e. The standard InChI is InChI=1S/C12H17NO2S/c1-2-10-3-4-11(16-10)8-13-6-9(7-13)5-12(14)15/h3-4,9H,2,5-8H2,1H3,(H,14,15). The maximum Gasteiger partial charge on any atom is 0.303 e. The fourth-order valence-electron chi connectivity index (χ4n) is 2.10. The van der Waals surface area contributed by atoms with Gasteiger partial charge in [0.15, 0.2) is 0 Å². The molecule has 0 bridgehead atoms. The molecule has 0 aliphatic carbocycles. The number of nitrogens with zero attached hydrogens (tertiary/aromatic N) is 1. The van der Waals surface area contributed by atoms with Gasteiger partial charge < -0.3 is 5.11 Å². The first-order valence-corrected chi connectivity index (χ1v) is 6.50. The predicted molar refractivity (Wildman–Crippen MR) is 64.7 cm³/mol. The van der Waals surface area contributed by atoms with Gasteiger partial charge in [0.25, 0.3) is 0 Å². The Morgan fingerprint density at radius 3 is 2.75 bits per heavy atom. The van der Waals surface area contributed by atoms with Crippen LogP contribution in [0.3, 0.4) is 0 Å². The fourth-order valence-corrected chi connectivity index (χ4v) is 3.10. The number of carboxylic acid groups (broad SMARTS) is 1. The summed E-state index contributed by atoms with van der Waals surface area (Å²) in [5.41, 5.74) is 0. The molecule has 0 saturated carbocycles. The first kappa shape index (κ1) is 11.6. The van der Waals surface area contributed by atoms with Crippen molar-refractivity contribution in [3.63, 3.8) is 0 Å². The molecule has 0 aromatic carbocycles. The summed E-state index contributed by atoms with van der Waals surface area (Å²) in [6.45, 7) is 5.03. The number of likely N-dealkylation sites (tertiary alicyclic amines) is 1. The fraction of sp³-hybridized carbons (Fsp3) is 0.583. The van der Waals surface area contributed by atoms with E-state index in [1.165, 1.54) is 9.75 Å². The molecule has 88 valence electrons. The molecule has 1 aliphatic rings. The number of carboxylic acids is 1. The summed E-state index contributed by atoms with van der Waals surface area (Å²) in [5, 5.41) is 8.64. The number of aryl methyl sites for hydroxylation is 1. The highest BCUT2D eigenvalue weighted by Gasteiger charge is 2.28. The Morgan fingerprint density at radius 1 is 1.50 bits per heavy atom. The van der Waals surface area contributed by atoms with Gasteiger partial charge in [-0.2, -0.15) is 0 Å². The Balaban J connectivity index is 1.74. The van der Waals surface area contributed by atoms with Crippen molar-refractivity contribution in [2.75, 3.05) is 13.1 Å². The summed E-state index contributed by atoms with van der Waals surface area (Å²) in [4.78, 5) is 15.6. The van der Waals surface area contributed by atoms with Crippen molar-refractivity contribution in [3.05, 3.63) is 21.9 Å². The van der Waals surface area contributed by atoms with Crippen LogP contribution in [0.5, 0.6) is 0 Å². The number of hydrogen-bond acceptors (Lipinski definition) is 3. The third-order valence-electron chi connectivity index (χ3n) is 2.94. The monoisotopic (exact) mass is 239 g/mol. The largest absolute Gasteiger partial charge is 0.481 e. The molecule has 0 spiro atoms. The SMILES string of the molecule is CCc1ccc(CN2CC(CC(=O)O)C2)s1. The van der Waals surface area contributed by atoms with E-state index in [2.05, 4.69) is 24.0 Å². The molecule has 0 atom stereocenters. The van der Waals surface area contributed by atoms with Gasteiger partial charge in [-0.3, -0.25) is 9.69 Å². The third-order valence-corrected chi connectivity index (χ3v) is 4.16. The van der Waals surface area contributed by atoms with Crippen molar-refractivity contribution in [2.45, 2.75) is 26.3 Å². The number of aliphatic carboxylic acids is 1. The van der Waals surface area contributed by atoms with Crippen molar-refractivity contribution in [3.8, 4) is 0 Å². The van der Waals surface area contributed by atoms with Crippen LogP contribution < -0.4 is 0 Å². The molecule has 1 aromatic rings. The Morgan fingerprint density at radius 2 is 2.19 bits per heavy atom. The van der Waals surface area contributed by atoms with Crippen LogP contribution in [-0.2, 0) is 17.8 Å². The first-order valence-electron chi connectivity index (χ1n) is 5.69. The van der Waals surface area contributed by atoms with Crippen LogP contribution in [-0.4, -0.2) is 29.1 Å². The van der Waals surface area contributed by atoms with E-state index in [0.717, 1.165) is 26.1 Å². The molecule has 3 nitrogen and oxygen atoms in total. The van der Waals surface area contributed by atoms with Gasteiger partial charge in [0.1, 0.15) is 0 Å². The average molecular weight is 239 g/mol. The minimum Gasteiger partial charge on any atom is -0.481 e. The van der Waals surface area contributed by atoms with E-state index < -0.39 is 5.97 Å². The van der Waals surface area contributed by atoms with Crippen molar-refractivity contribution < 1.29 is 9.90 Å². The second kappa shape index (κ2) is 4.97. The maximum atomic E-state index is 10.5. The van der Waals surface area contributed by atoms with Crippen molar-refractivity contribution in [2.24, 2.45) is 5.92 Å². The van der Waals surface area contributed by atoms with Gasteiger partial charge in [0, 0.05) is 29.4 Å². The van der Waals surface area contributed by atoms with Gasteiger partial charge in [0.2, 0.25) is 0 Å². The Hall–Kier alpha value is -0.870. The van der Waals surface area contributed by atoms with Crippen LogP contribution in [0.1, 0.15) is 23.1 Å². The highest BCUT2D eigenvalue weighted by molar-refractivity contribution is 7.11. The van der Waals surface area contributed by atoms with E-state index in [0.29, 0.717) is 12.3 Å². The molecule has 0 radical (unpaired) electrons. The van der Waals surface area contributed by atoms with E-state index in [1.807, 2.05) is 11.3 Å². The molecule has 2 heterocycles. The number of rotatable bonds is 5. The third kappa shape index (κ3) is 2.83. The number of carbonyl (C=O) groups is 1. The van der Waals surface area contributed by atoms with Gasteiger partial charge >= 0.3 is 5.97 Å². The summed E-state index contributed by atoms with van der Waals surface area (Å²) in [6.07, 6.45) is 1.42. The molecular weight excluding hydrogens is 222 g/mol. The van der Waals surface area contributed by atoms with E-state index in [9.17, 15) is 4.79 Å². The maximum absolute atomic E-state index is 10.5. The lowest BCUT2D eigenvalue weighted by Gasteiger charge is -2.38. The first-order chi connectivity index (χ1) is 7.67. The summed E-state index contributed by atoms with van der Waals surface area (Å²) in [5.74, 6) is -0.308. The van der Waals surface area contributed by atoms with Gasteiger partial charge in [-0.1, -0.05) is 6.92 Å². The van der Waals surface area contributed by atoms with Crippen LogP contribution in [0.15, 0.2) is 12.1 Å². The summed E-state index contributed by atoms with van der Waals surface area (Å²) >= 11 is 1.87. The average Bonchev–Trinajstić information content (AvgIpc) is 2.61. The van der Waals surface area contributed by atoms with Gasteiger partial charge in [0.05, 0.1) is 6.42 Å².